The Morgan fingerprint density at radius 1 is 1.40 bits per heavy atom. The summed E-state index contributed by atoms with van der Waals surface area (Å²) in [4.78, 5) is 6.16. The largest absolute Gasteiger partial charge is 0.391 e. The van der Waals surface area contributed by atoms with Crippen LogP contribution in [0.4, 0.5) is 5.95 Å². The van der Waals surface area contributed by atoms with Crippen molar-refractivity contribution in [2.75, 3.05) is 18.0 Å². The molecule has 2 rings (SSSR count). The van der Waals surface area contributed by atoms with Crippen molar-refractivity contribution in [3.05, 3.63) is 10.8 Å². The number of aliphatic hydroxyl groups excluding tert-OH is 1. The van der Waals surface area contributed by atoms with Crippen LogP contribution < -0.4 is 4.90 Å². The lowest BCUT2D eigenvalue weighted by Gasteiger charge is -2.14. The van der Waals surface area contributed by atoms with Crippen molar-refractivity contribution in [1.82, 2.24) is 15.2 Å². The zero-order valence-corrected chi connectivity index (χ0v) is 9.44. The van der Waals surface area contributed by atoms with Gasteiger partial charge in [-0.3, -0.25) is 0 Å². The topological polar surface area (TPSA) is 62.1 Å². The van der Waals surface area contributed by atoms with Gasteiger partial charge in [-0.25, -0.2) is 4.98 Å². The number of aliphatic hydroxyl groups is 1. The van der Waals surface area contributed by atoms with Crippen LogP contribution >= 0.6 is 11.6 Å². The number of anilines is 1. The van der Waals surface area contributed by atoms with Gasteiger partial charge in [0.15, 0.2) is 5.15 Å². The fourth-order valence-corrected chi connectivity index (χ4v) is 1.71. The van der Waals surface area contributed by atoms with E-state index in [2.05, 4.69) is 15.2 Å². The molecule has 0 saturated carbocycles. The third-order valence-electron chi connectivity index (χ3n) is 2.65. The van der Waals surface area contributed by atoms with E-state index in [4.69, 9.17) is 11.6 Å². The molecule has 1 saturated heterocycles. The van der Waals surface area contributed by atoms with Crippen LogP contribution in [0.1, 0.15) is 12.6 Å². The Balaban J connectivity index is 2.20. The molecule has 0 radical (unpaired) electrons. The molecule has 1 aliphatic heterocycles. The summed E-state index contributed by atoms with van der Waals surface area (Å²) in [6.07, 6.45) is -0.315. The Hall–Kier alpha value is -0.940. The average Bonchev–Trinajstić information content (AvgIpc) is 2.52. The van der Waals surface area contributed by atoms with E-state index in [1.54, 1.807) is 6.92 Å². The van der Waals surface area contributed by atoms with E-state index in [0.29, 0.717) is 23.3 Å². The van der Waals surface area contributed by atoms with E-state index in [1.807, 2.05) is 11.8 Å². The van der Waals surface area contributed by atoms with Crippen molar-refractivity contribution in [1.29, 1.82) is 0 Å². The lowest BCUT2D eigenvalue weighted by Crippen LogP contribution is -2.24. The molecular weight excluding hydrogens is 216 g/mol. The normalized spacial score (nSPS) is 26.0. The molecule has 0 aliphatic carbocycles. The smallest absolute Gasteiger partial charge is 0.245 e. The number of aryl methyl sites for hydroxylation is 1. The number of halogens is 1. The molecule has 0 unspecified atom stereocenters. The fourth-order valence-electron chi connectivity index (χ4n) is 1.63. The van der Waals surface area contributed by atoms with Gasteiger partial charge in [-0.15, -0.1) is 10.2 Å². The summed E-state index contributed by atoms with van der Waals surface area (Å²) in [5.74, 6) is 0.782. The molecule has 5 nitrogen and oxygen atoms in total. The van der Waals surface area contributed by atoms with Crippen LogP contribution in [0.15, 0.2) is 0 Å². The van der Waals surface area contributed by atoms with Crippen LogP contribution in [0.25, 0.3) is 0 Å². The first-order valence-corrected chi connectivity index (χ1v) is 5.25. The standard InChI is InChI=1S/C9H13ClN4O/c1-5-3-14(4-7(5)15)9-11-6(2)8(10)12-13-9/h5,7,15H,3-4H2,1-2H3/t5-,7+/m0/s1. The Labute approximate surface area is 93.1 Å². The molecule has 1 fully saturated rings. The van der Waals surface area contributed by atoms with Crippen molar-refractivity contribution in [2.24, 2.45) is 5.92 Å². The van der Waals surface area contributed by atoms with Crippen LogP contribution in [0.3, 0.4) is 0 Å². The van der Waals surface area contributed by atoms with Gasteiger partial charge >= 0.3 is 0 Å². The van der Waals surface area contributed by atoms with Crippen LogP contribution in [-0.4, -0.2) is 39.5 Å². The van der Waals surface area contributed by atoms with Crippen LogP contribution in [0.5, 0.6) is 0 Å². The maximum Gasteiger partial charge on any atom is 0.245 e. The zero-order valence-electron chi connectivity index (χ0n) is 8.68. The molecule has 0 amide bonds. The van der Waals surface area contributed by atoms with Crippen molar-refractivity contribution in [3.63, 3.8) is 0 Å². The highest BCUT2D eigenvalue weighted by atomic mass is 35.5. The van der Waals surface area contributed by atoms with Crippen LogP contribution in [0, 0.1) is 12.8 Å². The molecule has 15 heavy (non-hydrogen) atoms. The van der Waals surface area contributed by atoms with E-state index in [0.717, 1.165) is 6.54 Å². The van der Waals surface area contributed by atoms with Gasteiger partial charge in [-0.05, 0) is 6.92 Å². The molecule has 0 aromatic carbocycles. The van der Waals surface area contributed by atoms with Gasteiger partial charge < -0.3 is 10.0 Å². The summed E-state index contributed by atoms with van der Waals surface area (Å²) >= 11 is 5.74. The van der Waals surface area contributed by atoms with Gasteiger partial charge in [0.2, 0.25) is 5.95 Å². The predicted octanol–water partition coefficient (Wildman–Crippen LogP) is 0.650. The Kier molecular flexibility index (Phi) is 2.75. The molecule has 1 aromatic rings. The summed E-state index contributed by atoms with van der Waals surface area (Å²) in [6, 6.07) is 0. The van der Waals surface area contributed by atoms with Gasteiger partial charge in [-0.1, -0.05) is 18.5 Å². The number of nitrogens with zero attached hydrogens (tertiary/aromatic N) is 4. The Morgan fingerprint density at radius 2 is 2.13 bits per heavy atom. The SMILES string of the molecule is Cc1nc(N2C[C@@H](O)[C@@H](C)C2)nnc1Cl. The maximum absolute atomic E-state index is 9.61. The highest BCUT2D eigenvalue weighted by molar-refractivity contribution is 6.29. The van der Waals surface area contributed by atoms with Gasteiger partial charge in [-0.2, -0.15) is 0 Å². The Bertz CT molecular complexity index is 363. The molecule has 2 heterocycles. The van der Waals surface area contributed by atoms with Gasteiger partial charge in [0.05, 0.1) is 11.8 Å². The first kappa shape index (κ1) is 10.6. The summed E-state index contributed by atoms with van der Waals surface area (Å²) in [7, 11) is 0. The first-order chi connectivity index (χ1) is 7.08. The van der Waals surface area contributed by atoms with Crippen LogP contribution in [-0.2, 0) is 0 Å². The molecule has 6 heteroatoms. The summed E-state index contributed by atoms with van der Waals surface area (Å²) in [6.45, 7) is 5.10. The van der Waals surface area contributed by atoms with Crippen molar-refractivity contribution in [3.8, 4) is 0 Å². The molecule has 82 valence electrons. The second kappa shape index (κ2) is 3.90. The summed E-state index contributed by atoms with van der Waals surface area (Å²) in [5.41, 5.74) is 0.663. The van der Waals surface area contributed by atoms with Gasteiger partial charge in [0.25, 0.3) is 0 Å². The van der Waals surface area contributed by atoms with Gasteiger partial charge in [0.1, 0.15) is 0 Å². The third kappa shape index (κ3) is 2.03. The molecule has 1 aliphatic rings. The third-order valence-corrected chi connectivity index (χ3v) is 3.00. The highest BCUT2D eigenvalue weighted by Crippen LogP contribution is 2.21. The molecular formula is C9H13ClN4O. The minimum Gasteiger partial charge on any atom is -0.391 e. The first-order valence-electron chi connectivity index (χ1n) is 4.87. The van der Waals surface area contributed by atoms with Crippen molar-refractivity contribution in [2.45, 2.75) is 20.0 Å². The van der Waals surface area contributed by atoms with E-state index >= 15 is 0 Å². The molecule has 1 aromatic heterocycles. The Morgan fingerprint density at radius 3 is 2.67 bits per heavy atom. The fraction of sp³-hybridized carbons (Fsp3) is 0.667. The molecule has 1 N–H and O–H groups in total. The van der Waals surface area contributed by atoms with Crippen LogP contribution in [0.2, 0.25) is 5.15 Å². The average molecular weight is 229 g/mol. The number of rotatable bonds is 1. The second-order valence-corrected chi connectivity index (χ2v) is 4.30. The van der Waals surface area contributed by atoms with E-state index in [1.165, 1.54) is 0 Å². The van der Waals surface area contributed by atoms with Crippen molar-refractivity contribution >= 4 is 17.5 Å². The molecule has 0 spiro atoms. The maximum atomic E-state index is 9.61. The van der Waals surface area contributed by atoms with Gasteiger partial charge in [0, 0.05) is 19.0 Å². The monoisotopic (exact) mass is 228 g/mol. The number of aromatic nitrogens is 3. The quantitative estimate of drug-likeness (QED) is 0.765. The lowest BCUT2D eigenvalue weighted by molar-refractivity contribution is 0.157. The summed E-state index contributed by atoms with van der Waals surface area (Å²) < 4.78 is 0. The molecule has 0 bridgehead atoms. The van der Waals surface area contributed by atoms with Crippen molar-refractivity contribution < 1.29 is 5.11 Å². The number of hydrogen-bond acceptors (Lipinski definition) is 5. The molecule has 2 atom stereocenters. The zero-order chi connectivity index (χ0) is 11.0. The summed E-state index contributed by atoms with van der Waals surface area (Å²) in [5, 5.41) is 17.6. The minimum atomic E-state index is -0.315. The van der Waals surface area contributed by atoms with E-state index < -0.39 is 0 Å². The lowest BCUT2D eigenvalue weighted by atomic mass is 10.1. The highest BCUT2D eigenvalue weighted by Gasteiger charge is 2.29. The van der Waals surface area contributed by atoms with E-state index in [9.17, 15) is 5.11 Å². The number of β-amino-alcohol motifs (C(OH)–C–C–N with tert-alkyl or cyclic N) is 1. The predicted molar refractivity (Wildman–Crippen MR) is 57.0 cm³/mol. The number of hydrogen-bond donors (Lipinski definition) is 1. The minimum absolute atomic E-state index is 0.240. The van der Waals surface area contributed by atoms with E-state index in [-0.39, 0.29) is 12.0 Å². The second-order valence-electron chi connectivity index (χ2n) is 3.94.